The first-order valence-electron chi connectivity index (χ1n) is 5.84. The van der Waals surface area contributed by atoms with E-state index in [4.69, 9.17) is 5.11 Å². The predicted molar refractivity (Wildman–Crippen MR) is 58.5 cm³/mol. The SMILES string of the molecule is O=C(O)c1cc(C2CCCCC2)[nH]c1C(F)F. The van der Waals surface area contributed by atoms with Crippen molar-refractivity contribution in [2.45, 2.75) is 44.4 Å². The van der Waals surface area contributed by atoms with Crippen molar-refractivity contribution in [1.82, 2.24) is 4.98 Å². The zero-order valence-corrected chi connectivity index (χ0v) is 9.38. The molecule has 0 saturated heterocycles. The third kappa shape index (κ3) is 2.48. The Labute approximate surface area is 97.8 Å². The van der Waals surface area contributed by atoms with Gasteiger partial charge in [-0.1, -0.05) is 19.3 Å². The van der Waals surface area contributed by atoms with Crippen LogP contribution in [0.4, 0.5) is 8.78 Å². The molecule has 1 saturated carbocycles. The fourth-order valence-corrected chi connectivity index (χ4v) is 2.47. The normalized spacial score (nSPS) is 17.6. The van der Waals surface area contributed by atoms with Crippen molar-refractivity contribution < 1.29 is 18.7 Å². The number of carboxylic acids is 1. The summed E-state index contributed by atoms with van der Waals surface area (Å²) in [6.45, 7) is 0. The quantitative estimate of drug-likeness (QED) is 0.850. The summed E-state index contributed by atoms with van der Waals surface area (Å²) in [6.07, 6.45) is 2.46. The molecule has 1 aromatic heterocycles. The van der Waals surface area contributed by atoms with Crippen molar-refractivity contribution in [3.8, 4) is 0 Å². The fraction of sp³-hybridized carbons (Fsp3) is 0.583. The molecule has 0 aromatic carbocycles. The van der Waals surface area contributed by atoms with E-state index in [0.717, 1.165) is 25.7 Å². The molecule has 3 nitrogen and oxygen atoms in total. The van der Waals surface area contributed by atoms with Gasteiger partial charge in [-0.05, 0) is 24.8 Å². The van der Waals surface area contributed by atoms with Crippen LogP contribution in [0.3, 0.4) is 0 Å². The monoisotopic (exact) mass is 243 g/mol. The number of rotatable bonds is 3. The molecule has 1 aliphatic carbocycles. The minimum absolute atomic E-state index is 0.203. The number of carbonyl (C=O) groups is 1. The summed E-state index contributed by atoms with van der Waals surface area (Å²) in [6, 6.07) is 1.37. The van der Waals surface area contributed by atoms with E-state index in [2.05, 4.69) is 4.98 Å². The van der Waals surface area contributed by atoms with Crippen molar-refractivity contribution in [1.29, 1.82) is 0 Å². The molecule has 5 heteroatoms. The van der Waals surface area contributed by atoms with E-state index in [1.54, 1.807) is 0 Å². The summed E-state index contributed by atoms with van der Waals surface area (Å²) in [7, 11) is 0. The first-order valence-corrected chi connectivity index (χ1v) is 5.84. The van der Waals surface area contributed by atoms with E-state index in [9.17, 15) is 13.6 Å². The molecule has 94 valence electrons. The molecule has 0 unspecified atom stereocenters. The third-order valence-electron chi connectivity index (χ3n) is 3.36. The number of nitrogens with one attached hydrogen (secondary N) is 1. The highest BCUT2D eigenvalue weighted by Gasteiger charge is 2.25. The van der Waals surface area contributed by atoms with E-state index in [0.29, 0.717) is 5.69 Å². The second-order valence-corrected chi connectivity index (χ2v) is 4.49. The number of alkyl halides is 2. The molecule has 0 bridgehead atoms. The number of H-pyrrole nitrogens is 1. The van der Waals surface area contributed by atoms with Crippen molar-refractivity contribution in [2.24, 2.45) is 0 Å². The highest BCUT2D eigenvalue weighted by Crippen LogP contribution is 2.34. The molecule has 1 aromatic rings. The molecule has 0 radical (unpaired) electrons. The van der Waals surface area contributed by atoms with Crippen LogP contribution < -0.4 is 0 Å². The predicted octanol–water partition coefficient (Wildman–Crippen LogP) is 3.70. The molecular formula is C12H15F2NO2. The van der Waals surface area contributed by atoms with Crippen LogP contribution in [0.2, 0.25) is 0 Å². The Bertz CT molecular complexity index is 409. The van der Waals surface area contributed by atoms with Crippen LogP contribution in [-0.4, -0.2) is 16.1 Å². The van der Waals surface area contributed by atoms with Crippen LogP contribution in [0.15, 0.2) is 6.07 Å². The number of aromatic carboxylic acids is 1. The van der Waals surface area contributed by atoms with Crippen molar-refractivity contribution in [3.63, 3.8) is 0 Å². The second-order valence-electron chi connectivity index (χ2n) is 4.49. The van der Waals surface area contributed by atoms with Crippen molar-refractivity contribution in [2.75, 3.05) is 0 Å². The van der Waals surface area contributed by atoms with Gasteiger partial charge in [0.1, 0.15) is 0 Å². The van der Waals surface area contributed by atoms with Gasteiger partial charge < -0.3 is 10.1 Å². The first kappa shape index (κ1) is 12.1. The number of halogens is 2. The summed E-state index contributed by atoms with van der Waals surface area (Å²) < 4.78 is 25.3. The average molecular weight is 243 g/mol. The van der Waals surface area contributed by atoms with Crippen molar-refractivity contribution in [3.05, 3.63) is 23.0 Å². The van der Waals surface area contributed by atoms with E-state index >= 15 is 0 Å². The number of hydrogen-bond donors (Lipinski definition) is 2. The lowest BCUT2D eigenvalue weighted by Gasteiger charge is -2.20. The Hall–Kier alpha value is -1.39. The molecule has 1 fully saturated rings. The zero-order valence-electron chi connectivity index (χ0n) is 9.38. The Morgan fingerprint density at radius 3 is 2.47 bits per heavy atom. The molecule has 0 amide bonds. The Morgan fingerprint density at radius 1 is 1.35 bits per heavy atom. The lowest BCUT2D eigenvalue weighted by atomic mass is 9.87. The lowest BCUT2D eigenvalue weighted by molar-refractivity contribution is 0.0684. The van der Waals surface area contributed by atoms with Crippen LogP contribution in [-0.2, 0) is 0 Å². The Balaban J connectivity index is 2.29. The largest absolute Gasteiger partial charge is 0.478 e. The molecule has 1 heterocycles. The summed E-state index contributed by atoms with van der Waals surface area (Å²) in [5, 5.41) is 8.87. The molecule has 0 aliphatic heterocycles. The van der Waals surface area contributed by atoms with E-state index < -0.39 is 18.1 Å². The maximum Gasteiger partial charge on any atom is 0.337 e. The maximum absolute atomic E-state index is 12.7. The average Bonchev–Trinajstić information content (AvgIpc) is 2.75. The summed E-state index contributed by atoms with van der Waals surface area (Å²) in [5.74, 6) is -1.09. The van der Waals surface area contributed by atoms with Gasteiger partial charge in [0.2, 0.25) is 0 Å². The second kappa shape index (κ2) is 4.85. The highest BCUT2D eigenvalue weighted by atomic mass is 19.3. The fourth-order valence-electron chi connectivity index (χ4n) is 2.47. The van der Waals surface area contributed by atoms with Gasteiger partial charge in [-0.2, -0.15) is 0 Å². The van der Waals surface area contributed by atoms with E-state index in [1.807, 2.05) is 0 Å². The van der Waals surface area contributed by atoms with Gasteiger partial charge in [-0.3, -0.25) is 0 Å². The van der Waals surface area contributed by atoms with Gasteiger partial charge >= 0.3 is 5.97 Å². The summed E-state index contributed by atoms with van der Waals surface area (Å²) in [5.41, 5.74) is -0.101. The van der Waals surface area contributed by atoms with Crippen LogP contribution in [0.5, 0.6) is 0 Å². The van der Waals surface area contributed by atoms with E-state index in [1.165, 1.54) is 12.5 Å². The first-order chi connectivity index (χ1) is 8.09. The standard InChI is InChI=1S/C12H15F2NO2/c13-11(14)10-8(12(16)17)6-9(15-10)7-4-2-1-3-5-7/h6-7,11,15H,1-5H2,(H,16,17). The Kier molecular flexibility index (Phi) is 3.45. The Morgan fingerprint density at radius 2 is 2.00 bits per heavy atom. The molecule has 2 rings (SSSR count). The van der Waals surface area contributed by atoms with Gasteiger partial charge in [0, 0.05) is 5.69 Å². The number of aromatic amines is 1. The minimum atomic E-state index is -2.77. The number of carboxylic acid groups (broad SMARTS) is 1. The van der Waals surface area contributed by atoms with Gasteiger partial charge in [0.25, 0.3) is 6.43 Å². The van der Waals surface area contributed by atoms with Gasteiger partial charge in [0.15, 0.2) is 0 Å². The maximum atomic E-state index is 12.7. The van der Waals surface area contributed by atoms with Gasteiger partial charge in [-0.25, -0.2) is 13.6 Å². The minimum Gasteiger partial charge on any atom is -0.478 e. The molecule has 17 heavy (non-hydrogen) atoms. The topological polar surface area (TPSA) is 53.1 Å². The molecule has 0 atom stereocenters. The van der Waals surface area contributed by atoms with Gasteiger partial charge in [-0.15, -0.1) is 0 Å². The van der Waals surface area contributed by atoms with Crippen LogP contribution >= 0.6 is 0 Å². The van der Waals surface area contributed by atoms with Gasteiger partial charge in [0.05, 0.1) is 11.3 Å². The smallest absolute Gasteiger partial charge is 0.337 e. The van der Waals surface area contributed by atoms with E-state index in [-0.39, 0.29) is 11.5 Å². The molecule has 0 spiro atoms. The zero-order chi connectivity index (χ0) is 12.4. The van der Waals surface area contributed by atoms with Crippen LogP contribution in [0, 0.1) is 0 Å². The third-order valence-corrected chi connectivity index (χ3v) is 3.36. The van der Waals surface area contributed by atoms with Crippen LogP contribution in [0.1, 0.15) is 66.2 Å². The molecular weight excluding hydrogens is 228 g/mol. The molecule has 1 aliphatic rings. The van der Waals surface area contributed by atoms with Crippen molar-refractivity contribution >= 4 is 5.97 Å². The number of aromatic nitrogens is 1. The summed E-state index contributed by atoms with van der Waals surface area (Å²) in [4.78, 5) is 13.5. The number of hydrogen-bond acceptors (Lipinski definition) is 1. The van der Waals surface area contributed by atoms with Crippen LogP contribution in [0.25, 0.3) is 0 Å². The molecule has 2 N–H and O–H groups in total. The summed E-state index contributed by atoms with van der Waals surface area (Å²) >= 11 is 0. The lowest BCUT2D eigenvalue weighted by Crippen LogP contribution is -2.04. The highest BCUT2D eigenvalue weighted by molar-refractivity contribution is 5.89.